The zero-order valence-corrected chi connectivity index (χ0v) is 12.7. The summed E-state index contributed by atoms with van der Waals surface area (Å²) in [6.45, 7) is 11.7. The molecule has 0 bridgehead atoms. The summed E-state index contributed by atoms with van der Waals surface area (Å²) >= 11 is 0. The Balaban J connectivity index is 2.36. The molecule has 0 aromatic carbocycles. The van der Waals surface area contributed by atoms with Gasteiger partial charge in [-0.15, -0.1) is 0 Å². The average Bonchev–Trinajstić information content (AvgIpc) is 2.43. The summed E-state index contributed by atoms with van der Waals surface area (Å²) in [5, 5.41) is 3.86. The fraction of sp³-hybridized carbons (Fsp3) is 1.00. The quantitative estimate of drug-likeness (QED) is 0.697. The molecule has 1 heteroatoms. The van der Waals surface area contributed by atoms with Crippen LogP contribution in [-0.4, -0.2) is 12.1 Å². The van der Waals surface area contributed by atoms with Gasteiger partial charge in [-0.05, 0) is 37.5 Å². The molecule has 0 aromatic rings. The van der Waals surface area contributed by atoms with E-state index < -0.39 is 0 Å². The van der Waals surface area contributed by atoms with E-state index in [1.165, 1.54) is 44.9 Å². The predicted molar refractivity (Wildman–Crippen MR) is 77.3 cm³/mol. The molecule has 1 aliphatic rings. The van der Waals surface area contributed by atoms with E-state index in [0.29, 0.717) is 11.5 Å². The van der Waals surface area contributed by atoms with Gasteiger partial charge in [-0.3, -0.25) is 0 Å². The van der Waals surface area contributed by atoms with Crippen LogP contribution in [-0.2, 0) is 0 Å². The molecule has 3 unspecified atom stereocenters. The highest BCUT2D eigenvalue weighted by atomic mass is 15.0. The zero-order valence-electron chi connectivity index (χ0n) is 12.7. The average molecular weight is 239 g/mol. The number of rotatable bonds is 4. The molecule has 102 valence electrons. The van der Waals surface area contributed by atoms with Gasteiger partial charge in [0.05, 0.1) is 0 Å². The molecule has 0 spiro atoms. The van der Waals surface area contributed by atoms with Crippen LogP contribution in [0.4, 0.5) is 0 Å². The van der Waals surface area contributed by atoms with Gasteiger partial charge in [0.25, 0.3) is 0 Å². The molecular weight excluding hydrogens is 206 g/mol. The van der Waals surface area contributed by atoms with Crippen molar-refractivity contribution in [2.45, 2.75) is 91.6 Å². The molecule has 0 radical (unpaired) electrons. The van der Waals surface area contributed by atoms with Gasteiger partial charge in [0.2, 0.25) is 0 Å². The van der Waals surface area contributed by atoms with Gasteiger partial charge in [-0.2, -0.15) is 0 Å². The van der Waals surface area contributed by atoms with Gasteiger partial charge in [0, 0.05) is 12.1 Å². The van der Waals surface area contributed by atoms with E-state index in [1.54, 1.807) is 0 Å². The lowest BCUT2D eigenvalue weighted by atomic mass is 9.87. The van der Waals surface area contributed by atoms with Crippen molar-refractivity contribution in [1.82, 2.24) is 5.32 Å². The Bertz CT molecular complexity index is 204. The molecule has 0 aliphatic heterocycles. The Kier molecular flexibility index (Phi) is 5.99. The third-order valence-electron chi connectivity index (χ3n) is 4.57. The fourth-order valence-corrected chi connectivity index (χ4v) is 2.85. The Morgan fingerprint density at radius 3 is 2.41 bits per heavy atom. The molecule has 1 N–H and O–H groups in total. The monoisotopic (exact) mass is 239 g/mol. The lowest BCUT2D eigenvalue weighted by molar-refractivity contribution is 0.252. The zero-order chi connectivity index (χ0) is 12.9. The first-order valence-corrected chi connectivity index (χ1v) is 7.69. The lowest BCUT2D eigenvalue weighted by Crippen LogP contribution is -2.43. The largest absolute Gasteiger partial charge is 0.311 e. The maximum Gasteiger partial charge on any atom is 0.00898 e. The maximum absolute atomic E-state index is 3.86. The van der Waals surface area contributed by atoms with Crippen molar-refractivity contribution in [2.75, 3.05) is 0 Å². The normalized spacial score (nSPS) is 28.8. The van der Waals surface area contributed by atoms with Gasteiger partial charge in [-0.25, -0.2) is 0 Å². The third kappa shape index (κ3) is 5.42. The molecule has 1 nitrogen and oxygen atoms in total. The van der Waals surface area contributed by atoms with E-state index in [-0.39, 0.29) is 0 Å². The van der Waals surface area contributed by atoms with Crippen LogP contribution < -0.4 is 5.32 Å². The standard InChI is InChI=1S/C16H33N/c1-6-8-14-9-7-10-15(12-11-14)17-13(2)16(3,4)5/h13-15,17H,6-12H2,1-5H3. The Morgan fingerprint density at radius 1 is 1.12 bits per heavy atom. The van der Waals surface area contributed by atoms with E-state index in [0.717, 1.165) is 12.0 Å². The second-order valence-electron chi connectivity index (χ2n) is 7.11. The van der Waals surface area contributed by atoms with E-state index >= 15 is 0 Å². The van der Waals surface area contributed by atoms with Crippen LogP contribution in [0.3, 0.4) is 0 Å². The summed E-state index contributed by atoms with van der Waals surface area (Å²) in [5.41, 5.74) is 0.384. The SMILES string of the molecule is CCCC1CCCC(NC(C)C(C)(C)C)CC1. The number of hydrogen-bond donors (Lipinski definition) is 1. The van der Waals surface area contributed by atoms with Gasteiger partial charge < -0.3 is 5.32 Å². The van der Waals surface area contributed by atoms with Crippen LogP contribution in [0.15, 0.2) is 0 Å². The Labute approximate surface area is 109 Å². The van der Waals surface area contributed by atoms with Crippen molar-refractivity contribution >= 4 is 0 Å². The molecule has 17 heavy (non-hydrogen) atoms. The first-order chi connectivity index (χ1) is 7.93. The van der Waals surface area contributed by atoms with Gasteiger partial charge in [-0.1, -0.05) is 53.4 Å². The number of nitrogens with one attached hydrogen (secondary N) is 1. The summed E-state index contributed by atoms with van der Waals surface area (Å²) in [7, 11) is 0. The second kappa shape index (κ2) is 6.78. The van der Waals surface area contributed by atoms with Gasteiger partial charge in [0.1, 0.15) is 0 Å². The Hall–Kier alpha value is -0.0400. The molecule has 3 atom stereocenters. The predicted octanol–water partition coefficient (Wildman–Crippen LogP) is 4.76. The first-order valence-electron chi connectivity index (χ1n) is 7.69. The summed E-state index contributed by atoms with van der Waals surface area (Å²) in [4.78, 5) is 0. The molecule has 1 fully saturated rings. The van der Waals surface area contributed by atoms with Crippen molar-refractivity contribution in [1.29, 1.82) is 0 Å². The van der Waals surface area contributed by atoms with E-state index in [4.69, 9.17) is 0 Å². The second-order valence-corrected chi connectivity index (χ2v) is 7.11. The number of hydrogen-bond acceptors (Lipinski definition) is 1. The van der Waals surface area contributed by atoms with Crippen LogP contribution in [0.2, 0.25) is 0 Å². The van der Waals surface area contributed by atoms with Crippen molar-refractivity contribution in [3.63, 3.8) is 0 Å². The summed E-state index contributed by atoms with van der Waals surface area (Å²) in [5.74, 6) is 1.01. The fourth-order valence-electron chi connectivity index (χ4n) is 2.85. The third-order valence-corrected chi connectivity index (χ3v) is 4.57. The van der Waals surface area contributed by atoms with Crippen LogP contribution in [0.5, 0.6) is 0 Å². The molecule has 0 amide bonds. The van der Waals surface area contributed by atoms with E-state index in [9.17, 15) is 0 Å². The Morgan fingerprint density at radius 2 is 1.82 bits per heavy atom. The minimum Gasteiger partial charge on any atom is -0.311 e. The van der Waals surface area contributed by atoms with Crippen molar-refractivity contribution in [3.05, 3.63) is 0 Å². The molecule has 1 aliphatic carbocycles. The highest BCUT2D eigenvalue weighted by molar-refractivity contribution is 4.82. The van der Waals surface area contributed by atoms with E-state index in [1.807, 2.05) is 0 Å². The van der Waals surface area contributed by atoms with Crippen LogP contribution in [0.1, 0.15) is 79.6 Å². The minimum atomic E-state index is 0.384. The molecular formula is C16H33N. The van der Waals surface area contributed by atoms with Crippen LogP contribution in [0, 0.1) is 11.3 Å². The maximum atomic E-state index is 3.86. The van der Waals surface area contributed by atoms with Gasteiger partial charge >= 0.3 is 0 Å². The molecule has 0 saturated heterocycles. The highest BCUT2D eigenvalue weighted by Crippen LogP contribution is 2.28. The lowest BCUT2D eigenvalue weighted by Gasteiger charge is -2.32. The summed E-state index contributed by atoms with van der Waals surface area (Å²) < 4.78 is 0. The van der Waals surface area contributed by atoms with Crippen molar-refractivity contribution < 1.29 is 0 Å². The smallest absolute Gasteiger partial charge is 0.00898 e. The van der Waals surface area contributed by atoms with E-state index in [2.05, 4.69) is 39.9 Å². The molecule has 0 heterocycles. The van der Waals surface area contributed by atoms with Crippen LogP contribution in [0.25, 0.3) is 0 Å². The highest BCUT2D eigenvalue weighted by Gasteiger charge is 2.24. The summed E-state index contributed by atoms with van der Waals surface area (Å²) in [6, 6.07) is 1.39. The van der Waals surface area contributed by atoms with Gasteiger partial charge in [0.15, 0.2) is 0 Å². The van der Waals surface area contributed by atoms with Crippen molar-refractivity contribution in [2.24, 2.45) is 11.3 Å². The first kappa shape index (κ1) is 15.0. The van der Waals surface area contributed by atoms with Crippen LogP contribution >= 0.6 is 0 Å². The van der Waals surface area contributed by atoms with Crippen molar-refractivity contribution in [3.8, 4) is 0 Å². The molecule has 1 saturated carbocycles. The molecule has 1 rings (SSSR count). The molecule has 0 aromatic heterocycles. The topological polar surface area (TPSA) is 12.0 Å². The minimum absolute atomic E-state index is 0.384. The summed E-state index contributed by atoms with van der Waals surface area (Å²) in [6.07, 6.45) is 9.94.